The Morgan fingerprint density at radius 3 is 2.59 bits per heavy atom. The van der Waals surface area contributed by atoms with E-state index in [1.807, 2.05) is 13.1 Å². The van der Waals surface area contributed by atoms with Crippen LogP contribution in [0.25, 0.3) is 0 Å². The van der Waals surface area contributed by atoms with Crippen molar-refractivity contribution < 1.29 is 4.42 Å². The molecule has 0 radical (unpaired) electrons. The Balaban J connectivity index is 2.11. The lowest BCUT2D eigenvalue weighted by atomic mass is 9.76. The maximum absolute atomic E-state index is 5.67. The molecule has 0 aliphatic carbocycles. The Morgan fingerprint density at radius 2 is 2.12 bits per heavy atom. The fraction of sp³-hybridized carbons (Fsp3) is 0.714. The largest absolute Gasteiger partial charge is 0.469 e. The van der Waals surface area contributed by atoms with Crippen LogP contribution in [0.5, 0.6) is 0 Å². The minimum Gasteiger partial charge on any atom is -0.469 e. The second-order valence-corrected chi connectivity index (χ2v) is 5.42. The zero-order valence-electron chi connectivity index (χ0n) is 11.2. The number of rotatable bonds is 4. The third-order valence-corrected chi connectivity index (χ3v) is 4.04. The lowest BCUT2D eigenvalue weighted by Crippen LogP contribution is -2.49. The molecule has 1 aliphatic rings. The molecule has 0 spiro atoms. The van der Waals surface area contributed by atoms with E-state index in [1.165, 1.54) is 25.9 Å². The van der Waals surface area contributed by atoms with Gasteiger partial charge in [-0.25, -0.2) is 0 Å². The molecule has 2 heterocycles. The summed E-state index contributed by atoms with van der Waals surface area (Å²) in [6.45, 7) is 7.89. The molecule has 1 N–H and O–H groups in total. The second-order valence-electron chi connectivity index (χ2n) is 5.42. The quantitative estimate of drug-likeness (QED) is 0.869. The highest BCUT2D eigenvalue weighted by Gasteiger charge is 2.38. The molecular formula is C14H24N2O. The Kier molecular flexibility index (Phi) is 3.89. The summed E-state index contributed by atoms with van der Waals surface area (Å²) in [5.74, 6) is 1.15. The molecule has 96 valence electrons. The maximum atomic E-state index is 5.67. The topological polar surface area (TPSA) is 28.4 Å². The molecule has 0 unspecified atom stereocenters. The minimum absolute atomic E-state index is 0.198. The number of piperidine rings is 1. The number of hydrogen-bond acceptors (Lipinski definition) is 3. The Labute approximate surface area is 104 Å². The predicted octanol–water partition coefficient (Wildman–Crippen LogP) is 2.24. The van der Waals surface area contributed by atoms with E-state index in [9.17, 15) is 0 Å². The van der Waals surface area contributed by atoms with Gasteiger partial charge >= 0.3 is 0 Å². The van der Waals surface area contributed by atoms with Gasteiger partial charge in [-0.3, -0.25) is 0 Å². The van der Waals surface area contributed by atoms with E-state index in [4.69, 9.17) is 4.42 Å². The van der Waals surface area contributed by atoms with Crippen LogP contribution in [0.4, 0.5) is 0 Å². The lowest BCUT2D eigenvalue weighted by molar-refractivity contribution is 0.116. The van der Waals surface area contributed by atoms with Crippen molar-refractivity contribution in [2.75, 3.05) is 26.7 Å². The number of nitrogens with zero attached hydrogens (tertiary/aromatic N) is 1. The standard InChI is InChI=1S/C14H24N2O/c1-12(2)16-8-6-14(7-9-16,11-15-3)13-5-4-10-17-13/h4-5,10,12,15H,6-9,11H2,1-3H3. The fourth-order valence-electron chi connectivity index (χ4n) is 2.90. The zero-order chi connectivity index (χ0) is 12.3. The normalized spacial score (nSPS) is 20.9. The second kappa shape index (κ2) is 5.23. The van der Waals surface area contributed by atoms with E-state index in [1.54, 1.807) is 6.26 Å². The van der Waals surface area contributed by atoms with Crippen LogP contribution in [-0.4, -0.2) is 37.6 Å². The highest BCUT2D eigenvalue weighted by molar-refractivity contribution is 5.16. The van der Waals surface area contributed by atoms with Crippen molar-refractivity contribution in [1.29, 1.82) is 0 Å². The van der Waals surface area contributed by atoms with Gasteiger partial charge in [0.2, 0.25) is 0 Å². The third-order valence-electron chi connectivity index (χ3n) is 4.04. The molecule has 1 saturated heterocycles. The number of hydrogen-bond donors (Lipinski definition) is 1. The molecule has 0 atom stereocenters. The molecule has 17 heavy (non-hydrogen) atoms. The Bertz CT molecular complexity index is 324. The molecule has 1 aromatic rings. The van der Waals surface area contributed by atoms with Gasteiger partial charge in [0, 0.05) is 18.0 Å². The van der Waals surface area contributed by atoms with Crippen LogP contribution < -0.4 is 5.32 Å². The molecular weight excluding hydrogens is 212 g/mol. The number of furan rings is 1. The summed E-state index contributed by atoms with van der Waals surface area (Å²) in [6, 6.07) is 4.78. The SMILES string of the molecule is CNCC1(c2ccco2)CCN(C(C)C)CC1. The first-order chi connectivity index (χ1) is 8.18. The van der Waals surface area contributed by atoms with Crippen molar-refractivity contribution in [3.8, 4) is 0 Å². The highest BCUT2D eigenvalue weighted by Crippen LogP contribution is 2.35. The molecule has 2 rings (SSSR count). The van der Waals surface area contributed by atoms with E-state index >= 15 is 0 Å². The summed E-state index contributed by atoms with van der Waals surface area (Å²) in [6.07, 6.45) is 4.15. The van der Waals surface area contributed by atoms with Gasteiger partial charge in [-0.15, -0.1) is 0 Å². The van der Waals surface area contributed by atoms with E-state index in [-0.39, 0.29) is 5.41 Å². The van der Waals surface area contributed by atoms with E-state index in [2.05, 4.69) is 30.1 Å². The summed E-state index contributed by atoms with van der Waals surface area (Å²) >= 11 is 0. The van der Waals surface area contributed by atoms with Crippen molar-refractivity contribution in [3.05, 3.63) is 24.2 Å². The van der Waals surface area contributed by atoms with Crippen LogP contribution in [0, 0.1) is 0 Å². The van der Waals surface area contributed by atoms with Crippen LogP contribution in [-0.2, 0) is 5.41 Å². The molecule has 0 bridgehead atoms. The van der Waals surface area contributed by atoms with Crippen molar-refractivity contribution in [3.63, 3.8) is 0 Å². The first kappa shape index (κ1) is 12.7. The number of nitrogens with one attached hydrogen (secondary N) is 1. The summed E-state index contributed by atoms with van der Waals surface area (Å²) in [5.41, 5.74) is 0.198. The maximum Gasteiger partial charge on any atom is 0.111 e. The van der Waals surface area contributed by atoms with Crippen LogP contribution in [0.1, 0.15) is 32.4 Å². The monoisotopic (exact) mass is 236 g/mol. The number of likely N-dealkylation sites (N-methyl/N-ethyl adjacent to an activating group) is 1. The number of likely N-dealkylation sites (tertiary alicyclic amines) is 1. The van der Waals surface area contributed by atoms with Gasteiger partial charge in [-0.2, -0.15) is 0 Å². The summed E-state index contributed by atoms with van der Waals surface area (Å²) in [4.78, 5) is 2.55. The zero-order valence-corrected chi connectivity index (χ0v) is 11.2. The Morgan fingerprint density at radius 1 is 1.41 bits per heavy atom. The first-order valence-electron chi connectivity index (χ1n) is 6.60. The Hall–Kier alpha value is -0.800. The van der Waals surface area contributed by atoms with Crippen LogP contribution in [0.2, 0.25) is 0 Å². The molecule has 3 heteroatoms. The molecule has 1 aromatic heterocycles. The van der Waals surface area contributed by atoms with Gasteiger partial charge in [-0.1, -0.05) is 0 Å². The fourth-order valence-corrected chi connectivity index (χ4v) is 2.90. The third kappa shape index (κ3) is 2.55. The van der Waals surface area contributed by atoms with Gasteiger partial charge in [0.25, 0.3) is 0 Å². The van der Waals surface area contributed by atoms with Crippen LogP contribution in [0.15, 0.2) is 22.8 Å². The van der Waals surface area contributed by atoms with E-state index < -0.39 is 0 Å². The molecule has 3 nitrogen and oxygen atoms in total. The van der Waals surface area contributed by atoms with Crippen molar-refractivity contribution in [2.45, 2.75) is 38.1 Å². The van der Waals surface area contributed by atoms with Gasteiger partial charge in [-0.05, 0) is 59.0 Å². The van der Waals surface area contributed by atoms with Gasteiger partial charge in [0.05, 0.1) is 6.26 Å². The minimum atomic E-state index is 0.198. The molecule has 0 saturated carbocycles. The van der Waals surface area contributed by atoms with Crippen LogP contribution >= 0.6 is 0 Å². The van der Waals surface area contributed by atoms with Crippen LogP contribution in [0.3, 0.4) is 0 Å². The van der Waals surface area contributed by atoms with Crippen molar-refractivity contribution in [1.82, 2.24) is 10.2 Å². The average molecular weight is 236 g/mol. The lowest BCUT2D eigenvalue weighted by Gasteiger charge is -2.42. The first-order valence-corrected chi connectivity index (χ1v) is 6.60. The smallest absolute Gasteiger partial charge is 0.111 e. The van der Waals surface area contributed by atoms with Crippen molar-refractivity contribution in [2.24, 2.45) is 0 Å². The van der Waals surface area contributed by atoms with E-state index in [0.29, 0.717) is 6.04 Å². The van der Waals surface area contributed by atoms with Gasteiger partial charge < -0.3 is 14.6 Å². The summed E-state index contributed by atoms with van der Waals surface area (Å²) in [7, 11) is 2.03. The van der Waals surface area contributed by atoms with Crippen molar-refractivity contribution >= 4 is 0 Å². The average Bonchev–Trinajstić information content (AvgIpc) is 2.84. The summed E-state index contributed by atoms with van der Waals surface area (Å²) < 4.78 is 5.67. The summed E-state index contributed by atoms with van der Waals surface area (Å²) in [5, 5.41) is 3.33. The highest BCUT2D eigenvalue weighted by atomic mass is 16.3. The van der Waals surface area contributed by atoms with Gasteiger partial charge in [0.15, 0.2) is 0 Å². The molecule has 1 fully saturated rings. The predicted molar refractivity (Wildman–Crippen MR) is 70.3 cm³/mol. The van der Waals surface area contributed by atoms with Gasteiger partial charge in [0.1, 0.15) is 5.76 Å². The molecule has 0 amide bonds. The van der Waals surface area contributed by atoms with E-state index in [0.717, 1.165) is 12.3 Å². The molecule has 0 aromatic carbocycles. The molecule has 1 aliphatic heterocycles.